The molecule has 0 amide bonds. The molecule has 1 N–H and O–H groups in total. The van der Waals surface area contributed by atoms with Crippen molar-refractivity contribution in [2.24, 2.45) is 0 Å². The summed E-state index contributed by atoms with van der Waals surface area (Å²) >= 11 is 0. The molecule has 0 aliphatic rings. The van der Waals surface area contributed by atoms with Crippen LogP contribution < -0.4 is 4.74 Å². The lowest BCUT2D eigenvalue weighted by atomic mass is 10.1. The quantitative estimate of drug-likeness (QED) is 0.708. The Labute approximate surface area is 77.0 Å². The monoisotopic (exact) mass is 180 g/mol. The lowest BCUT2D eigenvalue weighted by molar-refractivity contribution is 0.112. The van der Waals surface area contributed by atoms with Gasteiger partial charge in [0.25, 0.3) is 0 Å². The number of carbonyl (C=O) groups is 1. The molecule has 0 aromatic heterocycles. The van der Waals surface area contributed by atoms with Gasteiger partial charge in [-0.3, -0.25) is 4.79 Å². The first-order chi connectivity index (χ1) is 6.26. The largest absolute Gasteiger partial charge is 0.491 e. The van der Waals surface area contributed by atoms with Gasteiger partial charge in [0.15, 0.2) is 0 Å². The molecule has 0 aliphatic carbocycles. The molecule has 0 bridgehead atoms. The van der Waals surface area contributed by atoms with Crippen LogP contribution in [0.15, 0.2) is 18.2 Å². The van der Waals surface area contributed by atoms with Crippen LogP contribution in [0.5, 0.6) is 5.75 Å². The number of aliphatic hydroxyl groups is 1. The molecule has 0 saturated carbocycles. The number of rotatable bonds is 4. The second-order valence-corrected chi connectivity index (χ2v) is 2.77. The van der Waals surface area contributed by atoms with E-state index in [1.54, 1.807) is 12.1 Å². The first-order valence-electron chi connectivity index (χ1n) is 4.07. The molecule has 1 aromatic rings. The van der Waals surface area contributed by atoms with Gasteiger partial charge < -0.3 is 9.84 Å². The molecule has 0 atom stereocenters. The Morgan fingerprint density at radius 1 is 1.46 bits per heavy atom. The number of aryl methyl sites for hydroxylation is 1. The molecule has 3 nitrogen and oxygen atoms in total. The van der Waals surface area contributed by atoms with Crippen molar-refractivity contribution in [3.8, 4) is 5.75 Å². The fourth-order valence-corrected chi connectivity index (χ4v) is 1.09. The number of benzene rings is 1. The molecule has 0 spiro atoms. The van der Waals surface area contributed by atoms with Gasteiger partial charge in [-0.1, -0.05) is 0 Å². The van der Waals surface area contributed by atoms with Crippen LogP contribution in [0, 0.1) is 6.92 Å². The van der Waals surface area contributed by atoms with E-state index in [1.807, 2.05) is 13.0 Å². The molecular formula is C10H12O3. The minimum Gasteiger partial charge on any atom is -0.491 e. The van der Waals surface area contributed by atoms with Crippen LogP contribution >= 0.6 is 0 Å². The van der Waals surface area contributed by atoms with E-state index in [0.29, 0.717) is 11.3 Å². The SMILES string of the molecule is Cc1cc(C=O)cc(OCCO)c1. The molecule has 70 valence electrons. The van der Waals surface area contributed by atoms with Crippen LogP contribution in [0.4, 0.5) is 0 Å². The zero-order valence-corrected chi connectivity index (χ0v) is 7.49. The Hall–Kier alpha value is -1.35. The molecule has 3 heteroatoms. The third-order valence-corrected chi connectivity index (χ3v) is 1.57. The number of aliphatic hydroxyl groups excluding tert-OH is 1. The molecular weight excluding hydrogens is 168 g/mol. The van der Waals surface area contributed by atoms with E-state index in [-0.39, 0.29) is 13.2 Å². The highest BCUT2D eigenvalue weighted by atomic mass is 16.5. The Kier molecular flexibility index (Phi) is 3.46. The summed E-state index contributed by atoms with van der Waals surface area (Å²) in [4.78, 5) is 10.5. The molecule has 0 saturated heterocycles. The number of ether oxygens (including phenoxy) is 1. The fourth-order valence-electron chi connectivity index (χ4n) is 1.09. The van der Waals surface area contributed by atoms with E-state index < -0.39 is 0 Å². The van der Waals surface area contributed by atoms with Gasteiger partial charge in [-0.05, 0) is 30.7 Å². The van der Waals surface area contributed by atoms with Crippen molar-refractivity contribution in [3.05, 3.63) is 29.3 Å². The second-order valence-electron chi connectivity index (χ2n) is 2.77. The van der Waals surface area contributed by atoms with E-state index in [0.717, 1.165) is 11.8 Å². The summed E-state index contributed by atoms with van der Waals surface area (Å²) in [6.07, 6.45) is 0.777. The molecule has 1 rings (SSSR count). The fraction of sp³-hybridized carbons (Fsp3) is 0.300. The van der Waals surface area contributed by atoms with Gasteiger partial charge in [0.05, 0.1) is 6.61 Å². The van der Waals surface area contributed by atoms with Gasteiger partial charge in [-0.25, -0.2) is 0 Å². The number of carbonyl (C=O) groups excluding carboxylic acids is 1. The average molecular weight is 180 g/mol. The lowest BCUT2D eigenvalue weighted by Gasteiger charge is -2.05. The highest BCUT2D eigenvalue weighted by Gasteiger charge is 1.97. The predicted octanol–water partition coefficient (Wildman–Crippen LogP) is 1.18. The molecule has 0 radical (unpaired) electrons. The van der Waals surface area contributed by atoms with Crippen molar-refractivity contribution < 1.29 is 14.6 Å². The van der Waals surface area contributed by atoms with Gasteiger partial charge in [0.1, 0.15) is 18.6 Å². The Morgan fingerprint density at radius 3 is 2.85 bits per heavy atom. The minimum atomic E-state index is -0.0234. The molecule has 0 heterocycles. The molecule has 0 unspecified atom stereocenters. The van der Waals surface area contributed by atoms with E-state index in [4.69, 9.17) is 9.84 Å². The van der Waals surface area contributed by atoms with Gasteiger partial charge in [0, 0.05) is 5.56 Å². The number of hydrogen-bond donors (Lipinski definition) is 1. The van der Waals surface area contributed by atoms with Gasteiger partial charge >= 0.3 is 0 Å². The third-order valence-electron chi connectivity index (χ3n) is 1.57. The number of hydrogen-bond acceptors (Lipinski definition) is 3. The maximum atomic E-state index is 10.5. The molecule has 13 heavy (non-hydrogen) atoms. The lowest BCUT2D eigenvalue weighted by Crippen LogP contribution is -2.02. The van der Waals surface area contributed by atoms with Crippen molar-refractivity contribution in [2.45, 2.75) is 6.92 Å². The zero-order chi connectivity index (χ0) is 9.68. The minimum absolute atomic E-state index is 0.0234. The van der Waals surface area contributed by atoms with E-state index in [9.17, 15) is 4.79 Å². The smallest absolute Gasteiger partial charge is 0.150 e. The van der Waals surface area contributed by atoms with E-state index >= 15 is 0 Å². The molecule has 0 fully saturated rings. The first kappa shape index (κ1) is 9.74. The van der Waals surface area contributed by atoms with Crippen molar-refractivity contribution in [2.75, 3.05) is 13.2 Å². The second kappa shape index (κ2) is 4.62. The Balaban J connectivity index is 2.81. The van der Waals surface area contributed by atoms with Crippen LogP contribution in [0.25, 0.3) is 0 Å². The summed E-state index contributed by atoms with van der Waals surface area (Å²) < 4.78 is 5.17. The van der Waals surface area contributed by atoms with Gasteiger partial charge in [0.2, 0.25) is 0 Å². The van der Waals surface area contributed by atoms with Crippen LogP contribution in [0.2, 0.25) is 0 Å². The summed E-state index contributed by atoms with van der Waals surface area (Å²) in [5, 5.41) is 8.53. The maximum absolute atomic E-state index is 10.5. The standard InChI is InChI=1S/C10H12O3/c1-8-4-9(7-12)6-10(5-8)13-3-2-11/h4-7,11H,2-3H2,1H3. The van der Waals surface area contributed by atoms with Gasteiger partial charge in [-0.15, -0.1) is 0 Å². The third kappa shape index (κ3) is 2.87. The Bertz CT molecular complexity index is 294. The maximum Gasteiger partial charge on any atom is 0.150 e. The Morgan fingerprint density at radius 2 is 2.23 bits per heavy atom. The van der Waals surface area contributed by atoms with E-state index in [2.05, 4.69) is 0 Å². The zero-order valence-electron chi connectivity index (χ0n) is 7.49. The average Bonchev–Trinajstić information content (AvgIpc) is 2.14. The summed E-state index contributed by atoms with van der Waals surface area (Å²) in [5.41, 5.74) is 1.56. The summed E-state index contributed by atoms with van der Waals surface area (Å²) in [6, 6.07) is 5.25. The normalized spacial score (nSPS) is 9.69. The van der Waals surface area contributed by atoms with Crippen molar-refractivity contribution in [1.82, 2.24) is 0 Å². The number of aldehydes is 1. The first-order valence-corrected chi connectivity index (χ1v) is 4.07. The highest BCUT2D eigenvalue weighted by molar-refractivity contribution is 5.76. The molecule has 0 aliphatic heterocycles. The van der Waals surface area contributed by atoms with Crippen LogP contribution in [-0.2, 0) is 0 Å². The topological polar surface area (TPSA) is 46.5 Å². The van der Waals surface area contributed by atoms with Crippen molar-refractivity contribution >= 4 is 6.29 Å². The van der Waals surface area contributed by atoms with Crippen molar-refractivity contribution in [1.29, 1.82) is 0 Å². The van der Waals surface area contributed by atoms with Crippen LogP contribution in [-0.4, -0.2) is 24.6 Å². The van der Waals surface area contributed by atoms with Crippen LogP contribution in [0.1, 0.15) is 15.9 Å². The highest BCUT2D eigenvalue weighted by Crippen LogP contribution is 2.15. The summed E-state index contributed by atoms with van der Waals surface area (Å²) in [7, 11) is 0. The van der Waals surface area contributed by atoms with Crippen LogP contribution in [0.3, 0.4) is 0 Å². The molecule has 1 aromatic carbocycles. The summed E-state index contributed by atoms with van der Waals surface area (Å²) in [6.45, 7) is 2.12. The summed E-state index contributed by atoms with van der Waals surface area (Å²) in [5.74, 6) is 0.621. The van der Waals surface area contributed by atoms with Crippen molar-refractivity contribution in [3.63, 3.8) is 0 Å². The van der Waals surface area contributed by atoms with E-state index in [1.165, 1.54) is 0 Å². The predicted molar refractivity (Wildman–Crippen MR) is 49.1 cm³/mol. The van der Waals surface area contributed by atoms with Gasteiger partial charge in [-0.2, -0.15) is 0 Å².